The summed E-state index contributed by atoms with van der Waals surface area (Å²) in [7, 11) is 0. The van der Waals surface area contributed by atoms with Crippen molar-refractivity contribution < 1.29 is 14.7 Å². The van der Waals surface area contributed by atoms with Crippen molar-refractivity contribution in [1.82, 2.24) is 10.3 Å². The van der Waals surface area contributed by atoms with Crippen molar-refractivity contribution in [2.75, 3.05) is 6.54 Å². The Morgan fingerprint density at radius 2 is 2.21 bits per heavy atom. The topological polar surface area (TPSA) is 79.3 Å². The van der Waals surface area contributed by atoms with Crippen molar-refractivity contribution in [3.05, 3.63) is 30.1 Å². The fourth-order valence-electron chi connectivity index (χ4n) is 0.755. The van der Waals surface area contributed by atoms with Crippen LogP contribution in [0.4, 0.5) is 0 Å². The van der Waals surface area contributed by atoms with Gasteiger partial charge in [0.2, 0.25) is 0 Å². The highest BCUT2D eigenvalue weighted by atomic mass is 35.5. The fourth-order valence-corrected chi connectivity index (χ4v) is 0.755. The fraction of sp³-hybridized carbons (Fsp3) is 0.125. The summed E-state index contributed by atoms with van der Waals surface area (Å²) in [5.41, 5.74) is 0.351. The van der Waals surface area contributed by atoms with Gasteiger partial charge in [-0.05, 0) is 12.1 Å². The predicted octanol–water partition coefficient (Wildman–Crippen LogP) is 0.318. The zero-order valence-electron chi connectivity index (χ0n) is 7.14. The third kappa shape index (κ3) is 3.86. The molecular formula is C8H9ClN2O3. The third-order valence-electron chi connectivity index (χ3n) is 1.32. The van der Waals surface area contributed by atoms with E-state index in [-0.39, 0.29) is 19.0 Å². The average molecular weight is 217 g/mol. The van der Waals surface area contributed by atoms with Gasteiger partial charge in [0, 0.05) is 12.4 Å². The first-order valence-corrected chi connectivity index (χ1v) is 3.60. The van der Waals surface area contributed by atoms with Gasteiger partial charge in [-0.15, -0.1) is 12.4 Å². The first kappa shape index (κ1) is 12.4. The standard InChI is InChI=1S/C8H8N2O3.ClH/c11-7(12)5-10-8(13)6-2-1-3-9-4-6;/h1-4H,5H2,(H,10,13)(H,11,12);1H. The molecule has 0 spiro atoms. The lowest BCUT2D eigenvalue weighted by atomic mass is 10.3. The molecule has 1 amide bonds. The SMILES string of the molecule is Cl.O=C(O)CNC(=O)c1cccnc1. The van der Waals surface area contributed by atoms with Crippen LogP contribution >= 0.6 is 12.4 Å². The minimum absolute atomic E-state index is 0. The smallest absolute Gasteiger partial charge is 0.322 e. The van der Waals surface area contributed by atoms with Crippen molar-refractivity contribution in [1.29, 1.82) is 0 Å². The van der Waals surface area contributed by atoms with Crippen LogP contribution in [0, 0.1) is 0 Å². The minimum Gasteiger partial charge on any atom is -0.480 e. The monoisotopic (exact) mass is 216 g/mol. The molecule has 0 saturated carbocycles. The molecule has 0 aliphatic carbocycles. The molecule has 1 aromatic rings. The van der Waals surface area contributed by atoms with Crippen molar-refractivity contribution in [2.45, 2.75) is 0 Å². The second-order valence-electron chi connectivity index (χ2n) is 2.32. The summed E-state index contributed by atoms with van der Waals surface area (Å²) in [6.07, 6.45) is 2.91. The summed E-state index contributed by atoms with van der Waals surface area (Å²) in [5, 5.41) is 10.5. The van der Waals surface area contributed by atoms with Crippen molar-refractivity contribution in [3.63, 3.8) is 0 Å². The van der Waals surface area contributed by atoms with Crippen LogP contribution in [0.2, 0.25) is 0 Å². The number of amides is 1. The number of aromatic nitrogens is 1. The number of pyridine rings is 1. The number of carboxylic acid groups (broad SMARTS) is 1. The lowest BCUT2D eigenvalue weighted by Crippen LogP contribution is -2.29. The van der Waals surface area contributed by atoms with Gasteiger partial charge < -0.3 is 10.4 Å². The molecule has 0 saturated heterocycles. The van der Waals surface area contributed by atoms with E-state index in [0.717, 1.165) is 0 Å². The van der Waals surface area contributed by atoms with Crippen LogP contribution in [0.1, 0.15) is 10.4 Å². The van der Waals surface area contributed by atoms with Crippen molar-refractivity contribution in [3.8, 4) is 0 Å². The number of halogens is 1. The third-order valence-corrected chi connectivity index (χ3v) is 1.32. The molecule has 1 aromatic heterocycles. The number of carboxylic acids is 1. The van der Waals surface area contributed by atoms with Gasteiger partial charge in [0.1, 0.15) is 6.54 Å². The quantitative estimate of drug-likeness (QED) is 0.763. The molecule has 0 fully saturated rings. The lowest BCUT2D eigenvalue weighted by molar-refractivity contribution is -0.135. The first-order chi connectivity index (χ1) is 6.20. The van der Waals surface area contributed by atoms with E-state index < -0.39 is 11.9 Å². The van der Waals surface area contributed by atoms with E-state index in [2.05, 4.69) is 10.3 Å². The Kier molecular flexibility index (Phi) is 5.24. The Bertz CT molecular complexity index is 316. The average Bonchev–Trinajstić information content (AvgIpc) is 2.15. The zero-order valence-corrected chi connectivity index (χ0v) is 7.95. The molecule has 2 N–H and O–H groups in total. The molecule has 76 valence electrons. The Balaban J connectivity index is 0.00000169. The maximum absolute atomic E-state index is 11.1. The van der Waals surface area contributed by atoms with Crippen molar-refractivity contribution >= 4 is 24.3 Å². The van der Waals surface area contributed by atoms with Crippen LogP contribution < -0.4 is 5.32 Å². The molecule has 0 aromatic carbocycles. The van der Waals surface area contributed by atoms with Crippen LogP contribution in [0.5, 0.6) is 0 Å². The second-order valence-corrected chi connectivity index (χ2v) is 2.32. The highest BCUT2D eigenvalue weighted by Gasteiger charge is 2.05. The van der Waals surface area contributed by atoms with Gasteiger partial charge in [-0.2, -0.15) is 0 Å². The summed E-state index contributed by atoms with van der Waals surface area (Å²) in [4.78, 5) is 25.0. The first-order valence-electron chi connectivity index (χ1n) is 3.60. The molecule has 0 unspecified atom stereocenters. The second kappa shape index (κ2) is 5.93. The van der Waals surface area contributed by atoms with Gasteiger partial charge in [0.25, 0.3) is 5.91 Å². The number of nitrogens with one attached hydrogen (secondary N) is 1. The van der Waals surface area contributed by atoms with E-state index in [1.807, 2.05) is 0 Å². The molecule has 0 aliphatic rings. The normalized spacial score (nSPS) is 8.57. The molecule has 0 radical (unpaired) electrons. The lowest BCUT2D eigenvalue weighted by Gasteiger charge is -2.00. The number of nitrogens with zero attached hydrogens (tertiary/aromatic N) is 1. The summed E-state index contributed by atoms with van der Waals surface area (Å²) in [6, 6.07) is 3.17. The van der Waals surface area contributed by atoms with Crippen LogP contribution in [-0.2, 0) is 4.79 Å². The summed E-state index contributed by atoms with van der Waals surface area (Å²) in [6.45, 7) is -0.381. The highest BCUT2D eigenvalue weighted by molar-refractivity contribution is 5.95. The van der Waals surface area contributed by atoms with Gasteiger partial charge in [-0.3, -0.25) is 14.6 Å². The van der Waals surface area contributed by atoms with Gasteiger partial charge in [0.15, 0.2) is 0 Å². The summed E-state index contributed by atoms with van der Waals surface area (Å²) >= 11 is 0. The van der Waals surface area contributed by atoms with E-state index in [4.69, 9.17) is 5.11 Å². The summed E-state index contributed by atoms with van der Waals surface area (Å²) < 4.78 is 0. The van der Waals surface area contributed by atoms with E-state index in [9.17, 15) is 9.59 Å². The largest absolute Gasteiger partial charge is 0.480 e. The number of carbonyl (C=O) groups is 2. The number of carbonyl (C=O) groups excluding carboxylic acids is 1. The van der Waals surface area contributed by atoms with Gasteiger partial charge in [-0.25, -0.2) is 0 Å². The Morgan fingerprint density at radius 1 is 1.50 bits per heavy atom. The van der Waals surface area contributed by atoms with Gasteiger partial charge >= 0.3 is 5.97 Å². The van der Waals surface area contributed by atoms with Crippen LogP contribution in [-0.4, -0.2) is 28.5 Å². The number of hydrogen-bond donors (Lipinski definition) is 2. The van der Waals surface area contributed by atoms with Gasteiger partial charge in [-0.1, -0.05) is 0 Å². The number of hydrogen-bond acceptors (Lipinski definition) is 3. The molecule has 0 aliphatic heterocycles. The molecule has 14 heavy (non-hydrogen) atoms. The maximum Gasteiger partial charge on any atom is 0.322 e. The molecule has 1 rings (SSSR count). The zero-order chi connectivity index (χ0) is 9.68. The molecule has 5 nitrogen and oxygen atoms in total. The van der Waals surface area contributed by atoms with E-state index in [0.29, 0.717) is 5.56 Å². The van der Waals surface area contributed by atoms with Gasteiger partial charge in [0.05, 0.1) is 5.56 Å². The van der Waals surface area contributed by atoms with Crippen molar-refractivity contribution in [2.24, 2.45) is 0 Å². The van der Waals surface area contributed by atoms with E-state index in [1.165, 1.54) is 12.4 Å². The van der Waals surface area contributed by atoms with Crippen LogP contribution in [0.3, 0.4) is 0 Å². The molecule has 0 bridgehead atoms. The van der Waals surface area contributed by atoms with E-state index >= 15 is 0 Å². The number of aliphatic carboxylic acids is 1. The molecule has 0 atom stereocenters. The van der Waals surface area contributed by atoms with E-state index in [1.54, 1.807) is 12.1 Å². The maximum atomic E-state index is 11.1. The minimum atomic E-state index is -1.07. The highest BCUT2D eigenvalue weighted by Crippen LogP contribution is 1.93. The Labute approximate surface area is 86.6 Å². The van der Waals surface area contributed by atoms with Crippen LogP contribution in [0.15, 0.2) is 24.5 Å². The Morgan fingerprint density at radius 3 is 2.71 bits per heavy atom. The molecular weight excluding hydrogens is 208 g/mol. The summed E-state index contributed by atoms with van der Waals surface area (Å²) in [5.74, 6) is -1.51. The van der Waals surface area contributed by atoms with Crippen LogP contribution in [0.25, 0.3) is 0 Å². The Hall–Kier alpha value is -1.62. The number of rotatable bonds is 3. The molecule has 6 heteroatoms. The predicted molar refractivity (Wildman–Crippen MR) is 51.5 cm³/mol. The molecule has 1 heterocycles.